The monoisotopic (exact) mass is 333 g/mol. The Balaban J connectivity index is 2.36. The van der Waals surface area contributed by atoms with E-state index in [2.05, 4.69) is 26.2 Å². The van der Waals surface area contributed by atoms with Crippen LogP contribution in [0, 0.1) is 6.92 Å². The molecule has 0 aromatic heterocycles. The van der Waals surface area contributed by atoms with Crippen LogP contribution in [0.3, 0.4) is 0 Å². The van der Waals surface area contributed by atoms with Gasteiger partial charge >= 0.3 is 5.97 Å². The fourth-order valence-corrected chi connectivity index (χ4v) is 2.40. The molecule has 0 saturated heterocycles. The molecule has 0 aliphatic heterocycles. The van der Waals surface area contributed by atoms with Crippen LogP contribution < -0.4 is 5.48 Å². The van der Waals surface area contributed by atoms with E-state index in [1.165, 1.54) is 11.8 Å². The van der Waals surface area contributed by atoms with Crippen molar-refractivity contribution in [2.24, 2.45) is 0 Å². The number of rotatable bonds is 6. The van der Waals surface area contributed by atoms with Gasteiger partial charge in [-0.05, 0) is 30.7 Å². The zero-order valence-electron chi connectivity index (χ0n) is 9.60. The summed E-state index contributed by atoms with van der Waals surface area (Å²) < 4.78 is 0.985. The molecule has 0 saturated carbocycles. The summed E-state index contributed by atoms with van der Waals surface area (Å²) in [6.07, 6.45) is 0. The average molecular weight is 334 g/mol. The Morgan fingerprint density at radius 2 is 2.22 bits per heavy atom. The van der Waals surface area contributed by atoms with E-state index in [1.54, 1.807) is 0 Å². The molecule has 1 aromatic carbocycles. The van der Waals surface area contributed by atoms with Gasteiger partial charge in [0.15, 0.2) is 6.61 Å². The van der Waals surface area contributed by atoms with Gasteiger partial charge in [0, 0.05) is 9.37 Å². The second-order valence-corrected chi connectivity index (χ2v) is 5.34. The van der Waals surface area contributed by atoms with Gasteiger partial charge in [0.2, 0.25) is 0 Å². The predicted molar refractivity (Wildman–Crippen MR) is 71.3 cm³/mol. The Labute approximate surface area is 117 Å². The van der Waals surface area contributed by atoms with Crippen LogP contribution >= 0.6 is 27.7 Å². The van der Waals surface area contributed by atoms with E-state index in [4.69, 9.17) is 5.11 Å². The highest BCUT2D eigenvalue weighted by Gasteiger charge is 2.06. The third-order valence-corrected chi connectivity index (χ3v) is 3.55. The molecular weight excluding hydrogens is 322 g/mol. The standard InChI is InChI=1S/C11H12BrNO4S/c1-7-4-8(12)2-3-9(7)18-6-10(14)13-17-5-11(15)16/h2-4H,5-6H2,1H3,(H,13,14)(H,15,16). The molecule has 0 bridgehead atoms. The maximum atomic E-state index is 11.3. The smallest absolute Gasteiger partial charge is 0.332 e. The summed E-state index contributed by atoms with van der Waals surface area (Å²) in [5.74, 6) is -1.34. The van der Waals surface area contributed by atoms with E-state index in [0.717, 1.165) is 14.9 Å². The summed E-state index contributed by atoms with van der Waals surface area (Å²) in [4.78, 5) is 26.9. The Morgan fingerprint density at radius 3 is 2.83 bits per heavy atom. The van der Waals surface area contributed by atoms with Crippen molar-refractivity contribution in [1.29, 1.82) is 0 Å². The van der Waals surface area contributed by atoms with Crippen LogP contribution in [0.4, 0.5) is 0 Å². The minimum absolute atomic E-state index is 0.169. The summed E-state index contributed by atoms with van der Waals surface area (Å²) in [6.45, 7) is 1.40. The molecule has 2 N–H and O–H groups in total. The first-order valence-corrected chi connectivity index (χ1v) is 6.78. The number of aryl methyl sites for hydroxylation is 1. The van der Waals surface area contributed by atoms with Gasteiger partial charge in [-0.25, -0.2) is 10.3 Å². The van der Waals surface area contributed by atoms with Crippen LogP contribution in [0.5, 0.6) is 0 Å². The number of carboxylic acid groups (broad SMARTS) is 1. The van der Waals surface area contributed by atoms with E-state index in [0.29, 0.717) is 0 Å². The predicted octanol–water partition coefficient (Wildman–Crippen LogP) is 1.98. The number of carboxylic acids is 1. The molecule has 5 nitrogen and oxygen atoms in total. The van der Waals surface area contributed by atoms with Crippen LogP contribution in [0.15, 0.2) is 27.6 Å². The van der Waals surface area contributed by atoms with E-state index >= 15 is 0 Å². The van der Waals surface area contributed by atoms with Gasteiger partial charge in [0.05, 0.1) is 5.75 Å². The fourth-order valence-electron chi connectivity index (χ4n) is 1.13. The average Bonchev–Trinajstić information content (AvgIpc) is 2.27. The molecule has 0 fully saturated rings. The Kier molecular flexibility index (Phi) is 6.17. The van der Waals surface area contributed by atoms with Gasteiger partial charge in [-0.1, -0.05) is 15.9 Å². The van der Waals surface area contributed by atoms with Crippen molar-refractivity contribution in [1.82, 2.24) is 5.48 Å². The second kappa shape index (κ2) is 7.40. The molecule has 18 heavy (non-hydrogen) atoms. The van der Waals surface area contributed by atoms with Crippen LogP contribution in [0.25, 0.3) is 0 Å². The number of nitrogens with one attached hydrogen (secondary N) is 1. The van der Waals surface area contributed by atoms with Crippen LogP contribution in [-0.4, -0.2) is 29.3 Å². The molecule has 0 aliphatic rings. The Bertz CT molecular complexity index is 453. The Hall–Kier alpha value is -1.05. The van der Waals surface area contributed by atoms with Crippen molar-refractivity contribution in [3.8, 4) is 0 Å². The first-order valence-electron chi connectivity index (χ1n) is 5.00. The summed E-state index contributed by atoms with van der Waals surface area (Å²) in [5.41, 5.74) is 3.13. The summed E-state index contributed by atoms with van der Waals surface area (Å²) in [7, 11) is 0. The minimum Gasteiger partial charge on any atom is -0.479 e. The third kappa shape index (κ3) is 5.52. The molecule has 0 unspecified atom stereocenters. The largest absolute Gasteiger partial charge is 0.479 e. The number of hydrogen-bond acceptors (Lipinski definition) is 4. The molecule has 1 rings (SSSR count). The fraction of sp³-hybridized carbons (Fsp3) is 0.273. The molecule has 0 spiro atoms. The summed E-state index contributed by atoms with van der Waals surface area (Å²) in [6, 6.07) is 5.77. The van der Waals surface area contributed by atoms with Gasteiger partial charge < -0.3 is 5.11 Å². The Morgan fingerprint density at radius 1 is 1.50 bits per heavy atom. The number of hydrogen-bond donors (Lipinski definition) is 2. The minimum atomic E-state index is -1.13. The van der Waals surface area contributed by atoms with E-state index in [-0.39, 0.29) is 11.7 Å². The number of hydroxylamine groups is 1. The van der Waals surface area contributed by atoms with E-state index in [9.17, 15) is 9.59 Å². The molecule has 1 aromatic rings. The van der Waals surface area contributed by atoms with Crippen LogP contribution in [-0.2, 0) is 14.4 Å². The molecule has 7 heteroatoms. The highest BCUT2D eigenvalue weighted by molar-refractivity contribution is 9.10. The molecule has 0 aliphatic carbocycles. The van der Waals surface area contributed by atoms with Crippen LogP contribution in [0.1, 0.15) is 5.56 Å². The molecular formula is C11H12BrNO4S. The van der Waals surface area contributed by atoms with Crippen molar-refractivity contribution in [2.75, 3.05) is 12.4 Å². The van der Waals surface area contributed by atoms with E-state index < -0.39 is 12.6 Å². The maximum absolute atomic E-state index is 11.3. The van der Waals surface area contributed by atoms with Crippen molar-refractivity contribution >= 4 is 39.6 Å². The number of halogens is 1. The van der Waals surface area contributed by atoms with Crippen molar-refractivity contribution in [3.63, 3.8) is 0 Å². The lowest BCUT2D eigenvalue weighted by Gasteiger charge is -2.06. The number of amides is 1. The molecule has 98 valence electrons. The van der Waals surface area contributed by atoms with Crippen molar-refractivity contribution in [2.45, 2.75) is 11.8 Å². The number of aliphatic carboxylic acids is 1. The number of carbonyl (C=O) groups excluding carboxylic acids is 1. The number of benzene rings is 1. The maximum Gasteiger partial charge on any atom is 0.332 e. The summed E-state index contributed by atoms with van der Waals surface area (Å²) >= 11 is 4.72. The lowest BCUT2D eigenvalue weighted by molar-refractivity contribution is -0.148. The lowest BCUT2D eigenvalue weighted by Crippen LogP contribution is -2.28. The quantitative estimate of drug-likeness (QED) is 0.615. The first-order chi connectivity index (χ1) is 8.49. The van der Waals surface area contributed by atoms with Crippen molar-refractivity contribution in [3.05, 3.63) is 28.2 Å². The first kappa shape index (κ1) is 15.0. The highest BCUT2D eigenvalue weighted by atomic mass is 79.9. The van der Waals surface area contributed by atoms with Crippen LogP contribution in [0.2, 0.25) is 0 Å². The topological polar surface area (TPSA) is 75.6 Å². The molecule has 0 radical (unpaired) electrons. The van der Waals surface area contributed by atoms with Gasteiger partial charge in [-0.15, -0.1) is 11.8 Å². The zero-order chi connectivity index (χ0) is 13.5. The van der Waals surface area contributed by atoms with E-state index in [1.807, 2.05) is 25.1 Å². The third-order valence-electron chi connectivity index (χ3n) is 1.88. The van der Waals surface area contributed by atoms with Gasteiger partial charge in [-0.3, -0.25) is 9.63 Å². The SMILES string of the molecule is Cc1cc(Br)ccc1SCC(=O)NOCC(=O)O. The zero-order valence-corrected chi connectivity index (χ0v) is 12.0. The molecule has 1 amide bonds. The summed E-state index contributed by atoms with van der Waals surface area (Å²) in [5, 5.41) is 8.31. The van der Waals surface area contributed by atoms with Crippen molar-refractivity contribution < 1.29 is 19.5 Å². The molecule has 0 heterocycles. The van der Waals surface area contributed by atoms with Gasteiger partial charge in [0.25, 0.3) is 5.91 Å². The highest BCUT2D eigenvalue weighted by Crippen LogP contribution is 2.24. The molecule has 0 atom stereocenters. The van der Waals surface area contributed by atoms with Gasteiger partial charge in [-0.2, -0.15) is 0 Å². The normalized spacial score (nSPS) is 10.1. The number of thioether (sulfide) groups is 1. The number of carbonyl (C=O) groups is 2. The second-order valence-electron chi connectivity index (χ2n) is 3.41. The lowest BCUT2D eigenvalue weighted by atomic mass is 10.2. The van der Waals surface area contributed by atoms with Gasteiger partial charge in [0.1, 0.15) is 0 Å².